The lowest BCUT2D eigenvalue weighted by Gasteiger charge is -2.10. The Kier molecular flexibility index (Phi) is 2.79. The van der Waals surface area contributed by atoms with Gasteiger partial charge in [-0.25, -0.2) is 14.4 Å². The molecule has 0 aliphatic heterocycles. The van der Waals surface area contributed by atoms with Gasteiger partial charge in [0.05, 0.1) is 11.4 Å². The Morgan fingerprint density at radius 1 is 1.06 bits per heavy atom. The summed E-state index contributed by atoms with van der Waals surface area (Å²) >= 11 is 0. The predicted octanol–water partition coefficient (Wildman–Crippen LogP) is 2.79. The van der Waals surface area contributed by atoms with Gasteiger partial charge >= 0.3 is 0 Å². The Morgan fingerprint density at radius 2 is 1.71 bits per heavy atom. The SMILES string of the molecule is Cc1cc(F)ccc1-c1nc(C)c(C)nc1N. The van der Waals surface area contributed by atoms with Crippen molar-refractivity contribution in [1.29, 1.82) is 0 Å². The summed E-state index contributed by atoms with van der Waals surface area (Å²) in [7, 11) is 0. The van der Waals surface area contributed by atoms with Crippen molar-refractivity contribution < 1.29 is 4.39 Å². The number of benzene rings is 1. The van der Waals surface area contributed by atoms with Gasteiger partial charge in [-0.15, -0.1) is 0 Å². The summed E-state index contributed by atoms with van der Waals surface area (Å²) in [4.78, 5) is 8.66. The topological polar surface area (TPSA) is 51.8 Å². The van der Waals surface area contributed by atoms with E-state index in [9.17, 15) is 4.39 Å². The number of rotatable bonds is 1. The molecule has 0 saturated heterocycles. The number of hydrogen-bond donors (Lipinski definition) is 1. The van der Waals surface area contributed by atoms with Crippen LogP contribution in [0.2, 0.25) is 0 Å². The molecule has 2 N–H and O–H groups in total. The second-order valence-corrected chi connectivity index (χ2v) is 4.09. The van der Waals surface area contributed by atoms with Crippen LogP contribution in [-0.2, 0) is 0 Å². The molecule has 0 aliphatic carbocycles. The van der Waals surface area contributed by atoms with Gasteiger partial charge in [-0.2, -0.15) is 0 Å². The van der Waals surface area contributed by atoms with Crippen molar-refractivity contribution in [1.82, 2.24) is 9.97 Å². The Hall–Kier alpha value is -1.97. The summed E-state index contributed by atoms with van der Waals surface area (Å²) in [5, 5.41) is 0. The zero-order valence-corrected chi connectivity index (χ0v) is 10.1. The van der Waals surface area contributed by atoms with E-state index in [-0.39, 0.29) is 5.82 Å². The average molecular weight is 231 g/mol. The van der Waals surface area contributed by atoms with Crippen LogP contribution in [0.3, 0.4) is 0 Å². The molecule has 0 fully saturated rings. The summed E-state index contributed by atoms with van der Waals surface area (Å²) in [6.07, 6.45) is 0. The van der Waals surface area contributed by atoms with Crippen molar-refractivity contribution in [3.8, 4) is 11.3 Å². The van der Waals surface area contributed by atoms with Crippen LogP contribution in [0.5, 0.6) is 0 Å². The first-order valence-electron chi connectivity index (χ1n) is 5.36. The highest BCUT2D eigenvalue weighted by atomic mass is 19.1. The molecule has 0 radical (unpaired) electrons. The number of nitrogens with zero attached hydrogens (tertiary/aromatic N) is 2. The van der Waals surface area contributed by atoms with Crippen LogP contribution in [0.1, 0.15) is 17.0 Å². The van der Waals surface area contributed by atoms with Gasteiger partial charge in [-0.3, -0.25) is 0 Å². The molecule has 0 saturated carbocycles. The lowest BCUT2D eigenvalue weighted by Crippen LogP contribution is -2.03. The molecule has 1 aromatic carbocycles. The van der Waals surface area contributed by atoms with Crippen LogP contribution in [-0.4, -0.2) is 9.97 Å². The Morgan fingerprint density at radius 3 is 2.35 bits per heavy atom. The van der Waals surface area contributed by atoms with Gasteiger partial charge in [0.15, 0.2) is 0 Å². The summed E-state index contributed by atoms with van der Waals surface area (Å²) in [5.41, 5.74) is 9.74. The minimum atomic E-state index is -0.262. The molecule has 4 heteroatoms. The van der Waals surface area contributed by atoms with Gasteiger partial charge in [0, 0.05) is 5.56 Å². The maximum atomic E-state index is 13.0. The Balaban J connectivity index is 2.64. The zero-order chi connectivity index (χ0) is 12.6. The quantitative estimate of drug-likeness (QED) is 0.821. The van der Waals surface area contributed by atoms with Crippen LogP contribution in [0.15, 0.2) is 18.2 Å². The number of halogens is 1. The maximum Gasteiger partial charge on any atom is 0.150 e. The number of hydrogen-bond acceptors (Lipinski definition) is 3. The largest absolute Gasteiger partial charge is 0.382 e. The minimum absolute atomic E-state index is 0.262. The number of anilines is 1. The van der Waals surface area contributed by atoms with E-state index in [0.717, 1.165) is 22.5 Å². The Labute approximate surface area is 99.5 Å². The molecule has 1 aromatic heterocycles. The molecule has 3 nitrogen and oxygen atoms in total. The Bertz CT molecular complexity index is 579. The second-order valence-electron chi connectivity index (χ2n) is 4.09. The number of nitrogens with two attached hydrogens (primary N) is 1. The van der Waals surface area contributed by atoms with Gasteiger partial charge in [-0.05, 0) is 44.5 Å². The van der Waals surface area contributed by atoms with Crippen molar-refractivity contribution in [2.24, 2.45) is 0 Å². The summed E-state index contributed by atoms with van der Waals surface area (Å²) < 4.78 is 13.0. The highest BCUT2D eigenvalue weighted by Gasteiger charge is 2.11. The molecular weight excluding hydrogens is 217 g/mol. The molecule has 0 atom stereocenters. The third-order valence-corrected chi connectivity index (χ3v) is 2.78. The molecule has 1 heterocycles. The normalized spacial score (nSPS) is 10.6. The first-order chi connectivity index (χ1) is 7.99. The van der Waals surface area contributed by atoms with E-state index in [0.29, 0.717) is 11.5 Å². The minimum Gasteiger partial charge on any atom is -0.382 e. The molecular formula is C13H14FN3. The van der Waals surface area contributed by atoms with Gasteiger partial charge in [-0.1, -0.05) is 0 Å². The van der Waals surface area contributed by atoms with Crippen LogP contribution in [0.25, 0.3) is 11.3 Å². The molecule has 2 aromatic rings. The number of nitrogen functional groups attached to an aromatic ring is 1. The van der Waals surface area contributed by atoms with Crippen LogP contribution in [0, 0.1) is 26.6 Å². The zero-order valence-electron chi connectivity index (χ0n) is 10.1. The summed E-state index contributed by atoms with van der Waals surface area (Å²) in [6, 6.07) is 4.55. The fraction of sp³-hybridized carbons (Fsp3) is 0.231. The van der Waals surface area contributed by atoms with Gasteiger partial charge < -0.3 is 5.73 Å². The van der Waals surface area contributed by atoms with Crippen molar-refractivity contribution in [3.63, 3.8) is 0 Å². The molecule has 0 spiro atoms. The summed E-state index contributed by atoms with van der Waals surface area (Å²) in [6.45, 7) is 5.57. The molecule has 17 heavy (non-hydrogen) atoms. The van der Waals surface area contributed by atoms with E-state index < -0.39 is 0 Å². The molecule has 0 unspecified atom stereocenters. The maximum absolute atomic E-state index is 13.0. The number of aromatic nitrogens is 2. The highest BCUT2D eigenvalue weighted by Crippen LogP contribution is 2.26. The molecule has 0 amide bonds. The highest BCUT2D eigenvalue weighted by molar-refractivity contribution is 5.72. The van der Waals surface area contributed by atoms with E-state index in [1.54, 1.807) is 6.07 Å². The van der Waals surface area contributed by atoms with Crippen molar-refractivity contribution in [2.75, 3.05) is 5.73 Å². The molecule has 88 valence electrons. The second kappa shape index (κ2) is 4.13. The average Bonchev–Trinajstić information content (AvgIpc) is 2.24. The lowest BCUT2D eigenvalue weighted by molar-refractivity contribution is 0.627. The number of aryl methyl sites for hydroxylation is 3. The predicted molar refractivity (Wildman–Crippen MR) is 66.0 cm³/mol. The van der Waals surface area contributed by atoms with Gasteiger partial charge in [0.2, 0.25) is 0 Å². The van der Waals surface area contributed by atoms with E-state index in [2.05, 4.69) is 9.97 Å². The van der Waals surface area contributed by atoms with E-state index in [1.165, 1.54) is 12.1 Å². The smallest absolute Gasteiger partial charge is 0.150 e. The van der Waals surface area contributed by atoms with E-state index in [1.807, 2.05) is 20.8 Å². The monoisotopic (exact) mass is 231 g/mol. The van der Waals surface area contributed by atoms with Crippen molar-refractivity contribution in [2.45, 2.75) is 20.8 Å². The van der Waals surface area contributed by atoms with Crippen LogP contribution >= 0.6 is 0 Å². The van der Waals surface area contributed by atoms with Crippen molar-refractivity contribution >= 4 is 5.82 Å². The van der Waals surface area contributed by atoms with E-state index in [4.69, 9.17) is 5.73 Å². The first-order valence-corrected chi connectivity index (χ1v) is 5.36. The molecule has 0 aliphatic rings. The third kappa shape index (κ3) is 2.11. The fourth-order valence-electron chi connectivity index (χ4n) is 1.71. The third-order valence-electron chi connectivity index (χ3n) is 2.78. The van der Waals surface area contributed by atoms with Crippen LogP contribution in [0.4, 0.5) is 10.2 Å². The fourth-order valence-corrected chi connectivity index (χ4v) is 1.71. The van der Waals surface area contributed by atoms with E-state index >= 15 is 0 Å². The first kappa shape index (κ1) is 11.5. The lowest BCUT2D eigenvalue weighted by atomic mass is 10.0. The standard InChI is InChI=1S/C13H14FN3/c1-7-6-10(14)4-5-11(7)12-13(15)17-9(3)8(2)16-12/h4-6H,1-3H3,(H2,15,17). The van der Waals surface area contributed by atoms with Crippen LogP contribution < -0.4 is 5.73 Å². The summed E-state index contributed by atoms with van der Waals surface area (Å²) in [5.74, 6) is 0.115. The molecule has 2 rings (SSSR count). The molecule has 0 bridgehead atoms. The van der Waals surface area contributed by atoms with Gasteiger partial charge in [0.25, 0.3) is 0 Å². The van der Waals surface area contributed by atoms with Gasteiger partial charge in [0.1, 0.15) is 17.3 Å². The van der Waals surface area contributed by atoms with Crippen molar-refractivity contribution in [3.05, 3.63) is 41.0 Å².